The highest BCUT2D eigenvalue weighted by Crippen LogP contribution is 2.53. The van der Waals surface area contributed by atoms with Gasteiger partial charge in [-0.2, -0.15) is 4.76 Å². The Morgan fingerprint density at radius 1 is 1.24 bits per heavy atom. The highest BCUT2D eigenvalue weighted by Gasteiger charge is 2.28. The van der Waals surface area contributed by atoms with Gasteiger partial charge in [0.2, 0.25) is 0 Å². The van der Waals surface area contributed by atoms with Crippen LogP contribution in [-0.2, 0) is 9.09 Å². The SMILES string of the molecule is CCOP1(=O)C=C(c2ccccc2)NC(c2ccco2)=N1. The van der Waals surface area contributed by atoms with Gasteiger partial charge in [0, 0.05) is 5.82 Å². The maximum atomic E-state index is 12.8. The number of benzene rings is 1. The zero-order chi connectivity index (χ0) is 14.7. The first-order valence-corrected chi connectivity index (χ1v) is 8.28. The van der Waals surface area contributed by atoms with Gasteiger partial charge in [0.25, 0.3) is 0 Å². The number of nitrogens with zero attached hydrogens (tertiary/aromatic N) is 1. The van der Waals surface area contributed by atoms with Crippen LogP contribution in [0.2, 0.25) is 0 Å². The van der Waals surface area contributed by atoms with Crippen LogP contribution in [0.5, 0.6) is 0 Å². The summed E-state index contributed by atoms with van der Waals surface area (Å²) in [5, 5.41) is 3.15. The minimum absolute atomic E-state index is 0.324. The Bertz CT molecular complexity index is 721. The summed E-state index contributed by atoms with van der Waals surface area (Å²) in [6.07, 6.45) is 1.55. The molecule has 0 bridgehead atoms. The van der Waals surface area contributed by atoms with E-state index < -0.39 is 7.52 Å². The van der Waals surface area contributed by atoms with E-state index in [4.69, 9.17) is 8.94 Å². The van der Waals surface area contributed by atoms with Crippen LogP contribution < -0.4 is 5.32 Å². The number of hydrogen-bond acceptors (Lipinski definition) is 4. The predicted octanol–water partition coefficient (Wildman–Crippen LogP) is 3.86. The molecule has 0 saturated heterocycles. The van der Waals surface area contributed by atoms with Gasteiger partial charge in [0.1, 0.15) is 0 Å². The second-order valence-electron chi connectivity index (χ2n) is 4.44. The van der Waals surface area contributed by atoms with Crippen molar-refractivity contribution in [3.05, 3.63) is 65.9 Å². The fraction of sp³-hybridized carbons (Fsp3) is 0.133. The van der Waals surface area contributed by atoms with Crippen LogP contribution in [0.4, 0.5) is 0 Å². The van der Waals surface area contributed by atoms with E-state index in [2.05, 4.69) is 10.1 Å². The lowest BCUT2D eigenvalue weighted by Gasteiger charge is -2.21. The Balaban J connectivity index is 2.03. The van der Waals surface area contributed by atoms with E-state index in [9.17, 15) is 4.57 Å². The van der Waals surface area contributed by atoms with E-state index in [0.717, 1.165) is 5.56 Å². The highest BCUT2D eigenvalue weighted by molar-refractivity contribution is 7.61. The molecule has 1 aromatic heterocycles. The van der Waals surface area contributed by atoms with Gasteiger partial charge in [0.15, 0.2) is 11.6 Å². The van der Waals surface area contributed by atoms with Crippen LogP contribution in [0.1, 0.15) is 18.2 Å². The molecule has 1 atom stereocenters. The Kier molecular flexibility index (Phi) is 3.78. The van der Waals surface area contributed by atoms with E-state index in [0.29, 0.717) is 23.9 Å². The highest BCUT2D eigenvalue weighted by atomic mass is 31.2. The number of amidine groups is 1. The Hall–Kier alpha value is -2.10. The maximum absolute atomic E-state index is 12.8. The Morgan fingerprint density at radius 3 is 2.71 bits per heavy atom. The molecule has 0 aliphatic carbocycles. The molecule has 2 aromatic rings. The monoisotopic (exact) mass is 302 g/mol. The normalized spacial score (nSPS) is 21.4. The molecule has 108 valence electrons. The van der Waals surface area contributed by atoms with Gasteiger partial charge in [-0.15, -0.1) is 0 Å². The van der Waals surface area contributed by atoms with Crippen LogP contribution in [0.15, 0.2) is 63.7 Å². The van der Waals surface area contributed by atoms with Crippen molar-refractivity contribution >= 4 is 19.1 Å². The lowest BCUT2D eigenvalue weighted by molar-refractivity contribution is 0.340. The van der Waals surface area contributed by atoms with Crippen molar-refractivity contribution in [2.45, 2.75) is 6.92 Å². The summed E-state index contributed by atoms with van der Waals surface area (Å²) in [7, 11) is -3.23. The number of rotatable bonds is 4. The average Bonchev–Trinajstić information content (AvgIpc) is 3.02. The third-order valence-electron chi connectivity index (χ3n) is 2.94. The van der Waals surface area contributed by atoms with Crippen molar-refractivity contribution in [3.8, 4) is 0 Å². The second-order valence-corrected chi connectivity index (χ2v) is 6.29. The molecule has 1 unspecified atom stereocenters. The summed E-state index contributed by atoms with van der Waals surface area (Å²) in [5.41, 5.74) is 1.62. The molecule has 1 aromatic carbocycles. The molecular formula is C15H15N2O3P. The predicted molar refractivity (Wildman–Crippen MR) is 82.0 cm³/mol. The molecule has 0 fully saturated rings. The van der Waals surface area contributed by atoms with Crippen LogP contribution in [0.25, 0.3) is 5.70 Å². The standard InChI is InChI=1S/C15H15N2O3P/c1-2-20-21(18)11-13(12-7-4-3-5-8-12)16-15(17-21)14-9-6-10-19-14/h3-11H,2H2,1H3,(H,16,17,18). The molecule has 1 N–H and O–H groups in total. The van der Waals surface area contributed by atoms with Gasteiger partial charge in [-0.3, -0.25) is 4.57 Å². The molecular weight excluding hydrogens is 287 g/mol. The topological polar surface area (TPSA) is 63.8 Å². The van der Waals surface area contributed by atoms with Gasteiger partial charge in [0.05, 0.1) is 18.6 Å². The first-order chi connectivity index (χ1) is 10.2. The molecule has 0 radical (unpaired) electrons. The van der Waals surface area contributed by atoms with E-state index in [1.54, 1.807) is 31.1 Å². The summed E-state index contributed by atoms with van der Waals surface area (Å²) in [6, 6.07) is 13.1. The summed E-state index contributed by atoms with van der Waals surface area (Å²) < 4.78 is 27.6. The van der Waals surface area contributed by atoms with Gasteiger partial charge in [-0.1, -0.05) is 30.3 Å². The zero-order valence-corrected chi connectivity index (χ0v) is 12.4. The van der Waals surface area contributed by atoms with Crippen molar-refractivity contribution in [3.63, 3.8) is 0 Å². The van der Waals surface area contributed by atoms with Crippen LogP contribution in [-0.4, -0.2) is 12.4 Å². The largest absolute Gasteiger partial charge is 0.461 e. The lowest BCUT2D eigenvalue weighted by atomic mass is 10.2. The third-order valence-corrected chi connectivity index (χ3v) is 4.63. The molecule has 0 spiro atoms. The van der Waals surface area contributed by atoms with E-state index in [-0.39, 0.29) is 0 Å². The minimum atomic E-state index is -3.23. The molecule has 1 aliphatic rings. The van der Waals surface area contributed by atoms with Crippen molar-refractivity contribution in [1.29, 1.82) is 0 Å². The van der Waals surface area contributed by atoms with Crippen molar-refractivity contribution < 1.29 is 13.5 Å². The lowest BCUT2D eigenvalue weighted by Crippen LogP contribution is -2.25. The molecule has 0 saturated carbocycles. The van der Waals surface area contributed by atoms with Crippen molar-refractivity contribution in [2.24, 2.45) is 4.76 Å². The fourth-order valence-electron chi connectivity index (χ4n) is 2.06. The molecule has 0 amide bonds. The van der Waals surface area contributed by atoms with Gasteiger partial charge >= 0.3 is 7.52 Å². The number of nitrogens with one attached hydrogen (secondary N) is 1. The quantitative estimate of drug-likeness (QED) is 0.871. The van der Waals surface area contributed by atoms with E-state index in [1.165, 1.54) is 0 Å². The maximum Gasteiger partial charge on any atom is 0.341 e. The number of hydrogen-bond donors (Lipinski definition) is 1. The van der Waals surface area contributed by atoms with Gasteiger partial charge in [-0.05, 0) is 24.6 Å². The van der Waals surface area contributed by atoms with Crippen LogP contribution >= 0.6 is 7.52 Å². The molecule has 21 heavy (non-hydrogen) atoms. The smallest absolute Gasteiger partial charge is 0.341 e. The van der Waals surface area contributed by atoms with Crippen molar-refractivity contribution in [1.82, 2.24) is 5.32 Å². The molecule has 3 rings (SSSR count). The summed E-state index contributed by atoms with van der Waals surface area (Å²) in [6.45, 7) is 2.12. The summed E-state index contributed by atoms with van der Waals surface area (Å²) in [5.74, 6) is 2.49. The second kappa shape index (κ2) is 5.72. The molecule has 6 heteroatoms. The average molecular weight is 302 g/mol. The third kappa shape index (κ3) is 2.99. The van der Waals surface area contributed by atoms with Crippen LogP contribution in [0.3, 0.4) is 0 Å². The van der Waals surface area contributed by atoms with E-state index in [1.807, 2.05) is 30.3 Å². The minimum Gasteiger partial charge on any atom is -0.461 e. The number of furan rings is 1. The molecule has 2 heterocycles. The van der Waals surface area contributed by atoms with Crippen molar-refractivity contribution in [2.75, 3.05) is 6.61 Å². The van der Waals surface area contributed by atoms with Crippen LogP contribution in [0, 0.1) is 0 Å². The molecule has 5 nitrogen and oxygen atoms in total. The Labute approximate surface area is 122 Å². The summed E-state index contributed by atoms with van der Waals surface area (Å²) >= 11 is 0. The first kappa shape index (κ1) is 13.9. The zero-order valence-electron chi connectivity index (χ0n) is 11.5. The first-order valence-electron chi connectivity index (χ1n) is 6.64. The van der Waals surface area contributed by atoms with Gasteiger partial charge < -0.3 is 14.3 Å². The summed E-state index contributed by atoms with van der Waals surface area (Å²) in [4.78, 5) is 0. The molecule has 1 aliphatic heterocycles. The fourth-order valence-corrected chi connectivity index (χ4v) is 3.58. The van der Waals surface area contributed by atoms with Gasteiger partial charge in [-0.25, -0.2) is 0 Å². The van der Waals surface area contributed by atoms with E-state index >= 15 is 0 Å². The Morgan fingerprint density at radius 2 is 2.05 bits per heavy atom.